The molecule has 0 unspecified atom stereocenters. The van der Waals surface area contributed by atoms with Crippen LogP contribution in [0, 0.1) is 6.92 Å². The highest BCUT2D eigenvalue weighted by molar-refractivity contribution is 5.91. The first kappa shape index (κ1) is 15.7. The van der Waals surface area contributed by atoms with Gasteiger partial charge in [0.2, 0.25) is 0 Å². The molecule has 8 heteroatoms. The van der Waals surface area contributed by atoms with E-state index in [4.69, 9.17) is 0 Å². The Hall–Kier alpha value is -2.64. The van der Waals surface area contributed by atoms with Crippen LogP contribution >= 0.6 is 0 Å². The van der Waals surface area contributed by atoms with E-state index < -0.39 is 23.4 Å². The first-order chi connectivity index (χ1) is 10.3. The molecule has 22 heavy (non-hydrogen) atoms. The lowest BCUT2D eigenvalue weighted by molar-refractivity contribution is -0.142. The molecule has 2 aromatic rings. The fraction of sp³-hybridized carbons (Fsp3) is 0.214. The van der Waals surface area contributed by atoms with Crippen molar-refractivity contribution in [3.8, 4) is 0 Å². The van der Waals surface area contributed by atoms with Gasteiger partial charge in [0, 0.05) is 13.2 Å². The van der Waals surface area contributed by atoms with Gasteiger partial charge >= 0.3 is 12.1 Å². The molecule has 0 aliphatic heterocycles. The van der Waals surface area contributed by atoms with Gasteiger partial charge in [-0.3, -0.25) is 4.68 Å². The van der Waals surface area contributed by atoms with E-state index in [0.717, 1.165) is 16.4 Å². The van der Waals surface area contributed by atoms with Crippen LogP contribution in [0.1, 0.15) is 27.2 Å². The minimum atomic E-state index is -4.74. The Kier molecular flexibility index (Phi) is 4.30. The van der Waals surface area contributed by atoms with E-state index in [1.54, 1.807) is 12.1 Å². The van der Waals surface area contributed by atoms with Crippen molar-refractivity contribution in [2.45, 2.75) is 13.1 Å². The Bertz CT molecular complexity index is 703. The molecule has 1 aromatic heterocycles. The summed E-state index contributed by atoms with van der Waals surface area (Å²) in [5.41, 5.74) is -0.290. The lowest BCUT2D eigenvalue weighted by atomic mass is 10.2. The number of aromatic nitrogens is 2. The number of oxime groups is 1. The quantitative estimate of drug-likeness (QED) is 0.497. The molecule has 0 N–H and O–H groups in total. The highest BCUT2D eigenvalue weighted by Gasteiger charge is 2.39. The lowest BCUT2D eigenvalue weighted by Crippen LogP contribution is -2.13. The molecule has 1 aromatic carbocycles. The summed E-state index contributed by atoms with van der Waals surface area (Å²) in [6.45, 7) is 1.90. The zero-order valence-electron chi connectivity index (χ0n) is 11.8. The third-order valence-electron chi connectivity index (χ3n) is 2.73. The van der Waals surface area contributed by atoms with Crippen LogP contribution in [0.15, 0.2) is 35.6 Å². The van der Waals surface area contributed by atoms with Crippen molar-refractivity contribution < 1.29 is 22.8 Å². The maximum absolute atomic E-state index is 12.7. The number of carbonyl (C=O) groups is 1. The molecule has 0 saturated heterocycles. The number of benzene rings is 1. The molecule has 116 valence electrons. The molecular formula is C14H12F3N3O2. The molecule has 0 saturated carbocycles. The third kappa shape index (κ3) is 3.72. The van der Waals surface area contributed by atoms with Crippen molar-refractivity contribution in [1.29, 1.82) is 0 Å². The van der Waals surface area contributed by atoms with E-state index in [1.807, 2.05) is 19.1 Å². The van der Waals surface area contributed by atoms with Crippen LogP contribution in [-0.2, 0) is 18.1 Å². The van der Waals surface area contributed by atoms with Gasteiger partial charge in [0.25, 0.3) is 0 Å². The average molecular weight is 311 g/mol. The zero-order valence-corrected chi connectivity index (χ0v) is 11.8. The van der Waals surface area contributed by atoms with Crippen molar-refractivity contribution >= 4 is 12.2 Å². The smallest absolute Gasteiger partial charge is 0.313 e. The Morgan fingerprint density at radius 3 is 2.55 bits per heavy atom. The number of hydrogen-bond acceptors (Lipinski definition) is 4. The Labute approximate surface area is 124 Å². The highest BCUT2D eigenvalue weighted by Crippen LogP contribution is 2.30. The second kappa shape index (κ2) is 6.00. The summed E-state index contributed by atoms with van der Waals surface area (Å²) in [7, 11) is 1.28. The van der Waals surface area contributed by atoms with Gasteiger partial charge in [0.1, 0.15) is 5.56 Å². The van der Waals surface area contributed by atoms with Crippen LogP contribution in [0.5, 0.6) is 0 Å². The second-order valence-electron chi connectivity index (χ2n) is 4.59. The standard InChI is InChI=1S/C14H12F3N3O2/c1-9-3-5-10(6-4-9)7-18-22-13(21)11-8-20(2)19-12(11)14(15,16)17/h3-8H,1-2H3/b18-7+. The molecule has 0 aliphatic carbocycles. The van der Waals surface area contributed by atoms with E-state index in [1.165, 1.54) is 13.3 Å². The van der Waals surface area contributed by atoms with Crippen LogP contribution < -0.4 is 0 Å². The van der Waals surface area contributed by atoms with Gasteiger partial charge in [0.15, 0.2) is 5.69 Å². The minimum Gasteiger partial charge on any atom is -0.313 e. The topological polar surface area (TPSA) is 56.5 Å². The predicted octanol–water partition coefficient (Wildman–Crippen LogP) is 2.94. The number of rotatable bonds is 3. The molecular weight excluding hydrogens is 299 g/mol. The van der Waals surface area contributed by atoms with Crippen molar-refractivity contribution in [3.63, 3.8) is 0 Å². The first-order valence-corrected chi connectivity index (χ1v) is 6.19. The van der Waals surface area contributed by atoms with Gasteiger partial charge in [-0.25, -0.2) is 4.79 Å². The van der Waals surface area contributed by atoms with Crippen molar-refractivity contribution in [2.75, 3.05) is 0 Å². The average Bonchev–Trinajstić information content (AvgIpc) is 2.83. The molecule has 0 spiro atoms. The van der Waals surface area contributed by atoms with E-state index >= 15 is 0 Å². The largest absolute Gasteiger partial charge is 0.436 e. The molecule has 0 radical (unpaired) electrons. The van der Waals surface area contributed by atoms with Gasteiger partial charge in [-0.05, 0) is 12.5 Å². The monoisotopic (exact) mass is 311 g/mol. The maximum atomic E-state index is 12.7. The number of alkyl halides is 3. The minimum absolute atomic E-state index is 0.653. The van der Waals surface area contributed by atoms with E-state index in [0.29, 0.717) is 5.56 Å². The number of aryl methyl sites for hydroxylation is 2. The SMILES string of the molecule is Cc1ccc(/C=N/OC(=O)c2cn(C)nc2C(F)(F)F)cc1. The second-order valence-corrected chi connectivity index (χ2v) is 4.59. The number of hydrogen-bond donors (Lipinski definition) is 0. The fourth-order valence-corrected chi connectivity index (χ4v) is 1.68. The summed E-state index contributed by atoms with van der Waals surface area (Å²) in [5.74, 6) is -1.22. The molecule has 0 bridgehead atoms. The summed E-state index contributed by atoms with van der Waals surface area (Å²) in [6.07, 6.45) is -2.57. The van der Waals surface area contributed by atoms with Gasteiger partial charge in [0.05, 0.1) is 6.21 Å². The lowest BCUT2D eigenvalue weighted by Gasteiger charge is -2.03. The summed E-state index contributed by atoms with van der Waals surface area (Å²) >= 11 is 0. The normalized spacial score (nSPS) is 11.9. The molecule has 2 rings (SSSR count). The van der Waals surface area contributed by atoms with Crippen LogP contribution in [-0.4, -0.2) is 22.0 Å². The highest BCUT2D eigenvalue weighted by atomic mass is 19.4. The maximum Gasteiger partial charge on any atom is 0.436 e. The predicted molar refractivity (Wildman–Crippen MR) is 72.4 cm³/mol. The van der Waals surface area contributed by atoms with Crippen molar-refractivity contribution in [1.82, 2.24) is 9.78 Å². The zero-order chi connectivity index (χ0) is 16.3. The number of nitrogens with zero attached hydrogens (tertiary/aromatic N) is 3. The summed E-state index contributed by atoms with van der Waals surface area (Å²) in [5, 5.41) is 6.62. The van der Waals surface area contributed by atoms with E-state index in [2.05, 4.69) is 15.1 Å². The van der Waals surface area contributed by atoms with Crippen LogP contribution in [0.2, 0.25) is 0 Å². The Balaban J connectivity index is 2.11. The molecule has 0 amide bonds. The molecule has 0 fully saturated rings. The Morgan fingerprint density at radius 1 is 1.32 bits per heavy atom. The van der Waals surface area contributed by atoms with Gasteiger partial charge in [-0.1, -0.05) is 35.0 Å². The molecule has 0 aliphatic rings. The van der Waals surface area contributed by atoms with E-state index in [9.17, 15) is 18.0 Å². The van der Waals surface area contributed by atoms with Crippen LogP contribution in [0.25, 0.3) is 0 Å². The van der Waals surface area contributed by atoms with Gasteiger partial charge in [-0.2, -0.15) is 18.3 Å². The summed E-state index contributed by atoms with van der Waals surface area (Å²) < 4.78 is 39.1. The van der Waals surface area contributed by atoms with Crippen LogP contribution in [0.3, 0.4) is 0 Å². The molecule has 0 atom stereocenters. The Morgan fingerprint density at radius 2 is 1.95 bits per heavy atom. The van der Waals surface area contributed by atoms with E-state index in [-0.39, 0.29) is 0 Å². The number of carbonyl (C=O) groups excluding carboxylic acids is 1. The molecule has 1 heterocycles. The van der Waals surface area contributed by atoms with Crippen molar-refractivity contribution in [2.24, 2.45) is 12.2 Å². The van der Waals surface area contributed by atoms with Gasteiger partial charge < -0.3 is 4.84 Å². The summed E-state index contributed by atoms with van der Waals surface area (Å²) in [6, 6.07) is 7.12. The van der Waals surface area contributed by atoms with Gasteiger partial charge in [-0.15, -0.1) is 0 Å². The summed E-state index contributed by atoms with van der Waals surface area (Å²) in [4.78, 5) is 16.2. The first-order valence-electron chi connectivity index (χ1n) is 6.19. The fourth-order valence-electron chi connectivity index (χ4n) is 1.68. The molecule has 5 nitrogen and oxygen atoms in total. The van der Waals surface area contributed by atoms with Crippen molar-refractivity contribution in [3.05, 3.63) is 52.8 Å². The van der Waals surface area contributed by atoms with Crippen LogP contribution in [0.4, 0.5) is 13.2 Å². The third-order valence-corrected chi connectivity index (χ3v) is 2.73. The number of halogens is 3.